The average Bonchev–Trinajstić information content (AvgIpc) is 3.14. The molecule has 2 aliphatic heterocycles. The Morgan fingerprint density at radius 3 is 2.92 bits per heavy atom. The number of benzene rings is 1. The third kappa shape index (κ3) is 4.12. The van der Waals surface area contributed by atoms with Gasteiger partial charge in [-0.25, -0.2) is 4.39 Å². The van der Waals surface area contributed by atoms with E-state index in [1.807, 2.05) is 0 Å². The lowest BCUT2D eigenvalue weighted by molar-refractivity contribution is -0.124. The van der Waals surface area contributed by atoms with Crippen molar-refractivity contribution in [3.63, 3.8) is 0 Å². The summed E-state index contributed by atoms with van der Waals surface area (Å²) >= 11 is 0. The molecule has 0 spiro atoms. The van der Waals surface area contributed by atoms with E-state index in [0.717, 1.165) is 19.4 Å². The lowest BCUT2D eigenvalue weighted by Gasteiger charge is -2.39. The normalized spacial score (nSPS) is 22.6. The highest BCUT2D eigenvalue weighted by atomic mass is 19.1. The molecular weight excluding hydrogens is 323 g/mol. The number of carbonyl (C=O) groups excluding carboxylic acids is 1. The number of ether oxygens (including phenoxy) is 2. The number of hydrogen-bond donors (Lipinski definition) is 2. The maximum Gasteiger partial charge on any atom is 0.220 e. The van der Waals surface area contributed by atoms with Crippen molar-refractivity contribution in [1.29, 1.82) is 0 Å². The first-order valence-electron chi connectivity index (χ1n) is 9.10. The predicted molar refractivity (Wildman–Crippen MR) is 93.1 cm³/mol. The van der Waals surface area contributed by atoms with E-state index in [1.54, 1.807) is 18.2 Å². The lowest BCUT2D eigenvalue weighted by atomic mass is 9.82. The molecule has 1 unspecified atom stereocenters. The van der Waals surface area contributed by atoms with E-state index in [4.69, 9.17) is 9.47 Å². The minimum Gasteiger partial charge on any atom is -0.494 e. The largest absolute Gasteiger partial charge is 0.494 e. The summed E-state index contributed by atoms with van der Waals surface area (Å²) in [5, 5.41) is 6.53. The van der Waals surface area contributed by atoms with E-state index < -0.39 is 11.4 Å². The molecule has 2 N–H and O–H groups in total. The molecule has 2 aliphatic rings. The van der Waals surface area contributed by atoms with E-state index in [1.165, 1.54) is 13.5 Å². The van der Waals surface area contributed by atoms with Gasteiger partial charge >= 0.3 is 0 Å². The summed E-state index contributed by atoms with van der Waals surface area (Å²) in [6.07, 6.45) is 4.68. The molecule has 1 aromatic rings. The molecule has 0 bridgehead atoms. The Labute approximate surface area is 148 Å². The van der Waals surface area contributed by atoms with Crippen LogP contribution >= 0.6 is 0 Å². The van der Waals surface area contributed by atoms with Crippen molar-refractivity contribution in [3.8, 4) is 5.75 Å². The summed E-state index contributed by atoms with van der Waals surface area (Å²) in [5.41, 5.74) is -0.237. The number of hydrogen-bond acceptors (Lipinski definition) is 4. The van der Waals surface area contributed by atoms with Gasteiger partial charge in [0.25, 0.3) is 0 Å². The smallest absolute Gasteiger partial charge is 0.220 e. The van der Waals surface area contributed by atoms with Gasteiger partial charge in [0.15, 0.2) is 11.6 Å². The van der Waals surface area contributed by atoms with Gasteiger partial charge in [0.1, 0.15) is 0 Å². The van der Waals surface area contributed by atoms with Crippen LogP contribution in [0.4, 0.5) is 4.39 Å². The highest BCUT2D eigenvalue weighted by Gasteiger charge is 2.38. The van der Waals surface area contributed by atoms with Crippen LogP contribution in [-0.4, -0.2) is 38.8 Å². The van der Waals surface area contributed by atoms with Crippen LogP contribution in [0.15, 0.2) is 18.2 Å². The molecule has 5 nitrogen and oxygen atoms in total. The Bertz CT molecular complexity index is 596. The molecule has 2 heterocycles. The van der Waals surface area contributed by atoms with Gasteiger partial charge in [0, 0.05) is 31.2 Å². The zero-order valence-electron chi connectivity index (χ0n) is 14.8. The summed E-state index contributed by atoms with van der Waals surface area (Å²) in [4.78, 5) is 12.6. The van der Waals surface area contributed by atoms with Crippen LogP contribution in [0.3, 0.4) is 0 Å². The van der Waals surface area contributed by atoms with Crippen LogP contribution in [0.25, 0.3) is 0 Å². The van der Waals surface area contributed by atoms with Gasteiger partial charge < -0.3 is 20.1 Å². The maximum absolute atomic E-state index is 14.9. The van der Waals surface area contributed by atoms with Crippen molar-refractivity contribution in [2.45, 2.75) is 50.1 Å². The van der Waals surface area contributed by atoms with E-state index in [9.17, 15) is 9.18 Å². The molecule has 6 heteroatoms. The molecule has 138 valence electrons. The molecule has 0 saturated carbocycles. The Hall–Kier alpha value is -1.66. The second-order valence-electron chi connectivity index (χ2n) is 6.90. The fourth-order valence-corrected chi connectivity index (χ4v) is 3.86. The number of amides is 1. The number of halogens is 1. The second kappa shape index (κ2) is 8.15. The first-order chi connectivity index (χ1) is 12.1. The molecular formula is C19H27FN2O3. The van der Waals surface area contributed by atoms with Crippen LogP contribution in [0.5, 0.6) is 5.75 Å². The Morgan fingerprint density at radius 2 is 2.24 bits per heavy atom. The SMILES string of the molecule is COc1cccc(C2(NC(=O)CCC3CCCN3)CCOCC2)c1F. The van der Waals surface area contributed by atoms with Crippen molar-refractivity contribution in [2.75, 3.05) is 26.9 Å². The first kappa shape index (κ1) is 18.1. The number of rotatable bonds is 6. The van der Waals surface area contributed by atoms with Crippen LogP contribution in [0, 0.1) is 5.82 Å². The van der Waals surface area contributed by atoms with Gasteiger partial charge in [0.05, 0.1) is 12.6 Å². The highest BCUT2D eigenvalue weighted by molar-refractivity contribution is 5.77. The molecule has 0 aromatic heterocycles. The topological polar surface area (TPSA) is 59.6 Å². The Kier molecular flexibility index (Phi) is 5.91. The fraction of sp³-hybridized carbons (Fsp3) is 0.632. The third-order valence-electron chi connectivity index (χ3n) is 5.31. The zero-order chi connectivity index (χ0) is 17.7. The van der Waals surface area contributed by atoms with E-state index >= 15 is 0 Å². The number of carbonyl (C=O) groups is 1. The highest BCUT2D eigenvalue weighted by Crippen LogP contribution is 2.36. The summed E-state index contributed by atoms with van der Waals surface area (Å²) in [7, 11) is 1.45. The molecule has 0 radical (unpaired) electrons. The standard InChI is InChI=1S/C19H27FN2O3/c1-24-16-6-2-5-15(18(16)20)19(9-12-25-13-10-19)22-17(23)8-7-14-4-3-11-21-14/h2,5-6,14,21H,3-4,7-13H2,1H3,(H,22,23). The quantitative estimate of drug-likeness (QED) is 0.828. The minimum absolute atomic E-state index is 0.0298. The average molecular weight is 350 g/mol. The number of methoxy groups -OCH3 is 1. The van der Waals surface area contributed by atoms with E-state index in [2.05, 4.69) is 10.6 Å². The summed E-state index contributed by atoms with van der Waals surface area (Å²) in [6, 6.07) is 5.52. The molecule has 2 saturated heterocycles. The maximum atomic E-state index is 14.9. The Balaban J connectivity index is 1.75. The van der Waals surface area contributed by atoms with Crippen LogP contribution < -0.4 is 15.4 Å². The monoisotopic (exact) mass is 350 g/mol. The van der Waals surface area contributed by atoms with Crippen molar-refractivity contribution in [3.05, 3.63) is 29.6 Å². The van der Waals surface area contributed by atoms with E-state index in [-0.39, 0.29) is 11.7 Å². The van der Waals surface area contributed by atoms with Crippen molar-refractivity contribution >= 4 is 5.91 Å². The van der Waals surface area contributed by atoms with Crippen molar-refractivity contribution in [1.82, 2.24) is 10.6 Å². The molecule has 1 atom stereocenters. The second-order valence-corrected chi connectivity index (χ2v) is 6.90. The molecule has 0 aliphatic carbocycles. The van der Waals surface area contributed by atoms with Gasteiger partial charge in [-0.2, -0.15) is 0 Å². The van der Waals surface area contributed by atoms with Gasteiger partial charge in [-0.05, 0) is 44.7 Å². The van der Waals surface area contributed by atoms with Crippen LogP contribution in [-0.2, 0) is 15.1 Å². The van der Waals surface area contributed by atoms with Crippen LogP contribution in [0.1, 0.15) is 44.1 Å². The molecule has 1 aromatic carbocycles. The third-order valence-corrected chi connectivity index (χ3v) is 5.31. The summed E-state index contributed by atoms with van der Waals surface area (Å²) in [6.45, 7) is 2.03. The minimum atomic E-state index is -0.725. The van der Waals surface area contributed by atoms with E-state index in [0.29, 0.717) is 44.1 Å². The van der Waals surface area contributed by atoms with Crippen LogP contribution in [0.2, 0.25) is 0 Å². The van der Waals surface area contributed by atoms with Gasteiger partial charge in [-0.1, -0.05) is 12.1 Å². The molecule has 3 rings (SSSR count). The summed E-state index contributed by atoms with van der Waals surface area (Å²) < 4.78 is 25.4. The lowest BCUT2D eigenvalue weighted by Crippen LogP contribution is -2.50. The predicted octanol–water partition coefficient (Wildman–Crippen LogP) is 2.49. The summed E-state index contributed by atoms with van der Waals surface area (Å²) in [5.74, 6) is -0.227. The molecule has 1 amide bonds. The zero-order valence-corrected chi connectivity index (χ0v) is 14.8. The first-order valence-corrected chi connectivity index (χ1v) is 9.10. The van der Waals surface area contributed by atoms with Gasteiger partial charge in [0.2, 0.25) is 5.91 Å². The fourth-order valence-electron chi connectivity index (χ4n) is 3.86. The van der Waals surface area contributed by atoms with Crippen molar-refractivity contribution in [2.24, 2.45) is 0 Å². The Morgan fingerprint density at radius 1 is 1.44 bits per heavy atom. The molecule has 25 heavy (non-hydrogen) atoms. The van der Waals surface area contributed by atoms with Gasteiger partial charge in [-0.3, -0.25) is 4.79 Å². The number of nitrogens with one attached hydrogen (secondary N) is 2. The molecule has 2 fully saturated rings. The van der Waals surface area contributed by atoms with Crippen molar-refractivity contribution < 1.29 is 18.7 Å². The van der Waals surface area contributed by atoms with Gasteiger partial charge in [-0.15, -0.1) is 0 Å².